The van der Waals surface area contributed by atoms with Crippen molar-refractivity contribution >= 4 is 40.9 Å². The standard InChI is InChI=1S/C30H30Cl2N8O4/c31-20-8-9-25(40-17-27(32)35-36-40)22(14-20)23-15-28(41)39(18-34-23)24-7-2-1-3-10-33-29(42)26-16-37(30(43)44)11-12-38(26)21-6-4-5-19(24)13-21/h4-6,8-9,13-15,17-18,24,26H,1-3,7,10-12,16H2,(H,33,42)(H,43,44)/t24-,26+/m0/s1. The van der Waals surface area contributed by atoms with E-state index in [9.17, 15) is 19.5 Å². The summed E-state index contributed by atoms with van der Waals surface area (Å²) in [5, 5.41) is 21.2. The Balaban J connectivity index is 1.37. The molecule has 0 saturated carbocycles. The zero-order valence-electron chi connectivity index (χ0n) is 23.6. The fraction of sp³-hybridized carbons (Fsp3) is 0.333. The van der Waals surface area contributed by atoms with Gasteiger partial charge in [-0.3, -0.25) is 14.2 Å². The first-order chi connectivity index (χ1) is 21.3. The molecule has 4 aromatic rings. The summed E-state index contributed by atoms with van der Waals surface area (Å²) in [5.41, 5.74) is 3.11. The summed E-state index contributed by atoms with van der Waals surface area (Å²) in [7, 11) is 0. The van der Waals surface area contributed by atoms with Gasteiger partial charge >= 0.3 is 6.09 Å². The monoisotopic (exact) mass is 636 g/mol. The van der Waals surface area contributed by atoms with E-state index in [-0.39, 0.29) is 35.8 Å². The molecule has 4 heterocycles. The predicted molar refractivity (Wildman–Crippen MR) is 166 cm³/mol. The van der Waals surface area contributed by atoms with Crippen LogP contribution in [-0.4, -0.2) is 78.8 Å². The number of anilines is 1. The highest BCUT2D eigenvalue weighted by atomic mass is 35.5. The first-order valence-corrected chi connectivity index (χ1v) is 15.1. The van der Waals surface area contributed by atoms with Crippen LogP contribution in [-0.2, 0) is 4.79 Å². The summed E-state index contributed by atoms with van der Waals surface area (Å²) in [6.45, 7) is 1.22. The first kappa shape index (κ1) is 29.6. The number of nitrogens with zero attached hydrogens (tertiary/aromatic N) is 7. The molecule has 0 spiro atoms. The van der Waals surface area contributed by atoms with Crippen LogP contribution in [0.3, 0.4) is 0 Å². The molecule has 12 nitrogen and oxygen atoms in total. The number of fused-ring (bicyclic) bond motifs is 4. The van der Waals surface area contributed by atoms with Gasteiger partial charge in [0, 0.05) is 42.0 Å². The van der Waals surface area contributed by atoms with E-state index in [0.29, 0.717) is 41.5 Å². The van der Waals surface area contributed by atoms with Crippen LogP contribution in [0.15, 0.2) is 65.8 Å². The maximum atomic E-state index is 13.8. The fourth-order valence-electron chi connectivity index (χ4n) is 5.90. The van der Waals surface area contributed by atoms with Crippen molar-refractivity contribution in [1.82, 2.24) is 34.8 Å². The molecule has 2 aromatic heterocycles. The van der Waals surface area contributed by atoms with E-state index in [1.165, 1.54) is 15.6 Å². The molecule has 1 fully saturated rings. The Bertz CT molecular complexity index is 1760. The minimum atomic E-state index is -1.04. The van der Waals surface area contributed by atoms with Gasteiger partial charge in [-0.25, -0.2) is 14.5 Å². The smallest absolute Gasteiger partial charge is 0.407 e. The molecule has 0 radical (unpaired) electrons. The van der Waals surface area contributed by atoms with Gasteiger partial charge in [0.2, 0.25) is 5.91 Å². The number of carbonyl (C=O) groups excluding carboxylic acids is 1. The van der Waals surface area contributed by atoms with Gasteiger partial charge < -0.3 is 20.2 Å². The van der Waals surface area contributed by atoms with Crippen LogP contribution in [0, 0.1) is 0 Å². The Kier molecular flexibility index (Phi) is 8.53. The molecule has 0 aliphatic carbocycles. The van der Waals surface area contributed by atoms with Crippen LogP contribution in [0.5, 0.6) is 0 Å². The SMILES string of the molecule is O=C1NCCCCC[C@H](n2cnc(-c3cc(Cl)ccc3-n3cc(Cl)nn3)cc2=O)c2cccc(c2)N2CCN(C(=O)O)C[C@H]12. The third-order valence-electron chi connectivity index (χ3n) is 8.11. The highest BCUT2D eigenvalue weighted by Gasteiger charge is 2.35. The fourth-order valence-corrected chi connectivity index (χ4v) is 6.20. The molecule has 2 aromatic carbocycles. The van der Waals surface area contributed by atoms with Crippen molar-refractivity contribution in [2.24, 2.45) is 0 Å². The maximum Gasteiger partial charge on any atom is 0.407 e. The normalized spacial score (nSPS) is 19.3. The summed E-state index contributed by atoms with van der Waals surface area (Å²) in [6, 6.07) is 13.5. The van der Waals surface area contributed by atoms with Gasteiger partial charge in [0.15, 0.2) is 5.15 Å². The lowest BCUT2D eigenvalue weighted by atomic mass is 9.98. The third kappa shape index (κ3) is 6.13. The van der Waals surface area contributed by atoms with Gasteiger partial charge in [0.05, 0.1) is 36.5 Å². The van der Waals surface area contributed by atoms with Gasteiger partial charge in [0.1, 0.15) is 6.04 Å². The summed E-state index contributed by atoms with van der Waals surface area (Å²) >= 11 is 12.3. The Hall–Kier alpha value is -4.42. The second-order valence-corrected chi connectivity index (χ2v) is 11.7. The number of piperazine rings is 1. The van der Waals surface area contributed by atoms with Crippen LogP contribution in [0.25, 0.3) is 16.9 Å². The number of aromatic nitrogens is 5. The molecule has 2 aliphatic heterocycles. The highest BCUT2D eigenvalue weighted by Crippen LogP contribution is 2.31. The molecular weight excluding hydrogens is 607 g/mol. The minimum absolute atomic E-state index is 0.0753. The van der Waals surface area contributed by atoms with Crippen molar-refractivity contribution < 1.29 is 14.7 Å². The number of nitrogens with one attached hydrogen (secondary N) is 1. The number of halogens is 2. The number of hydrogen-bond acceptors (Lipinski definition) is 7. The molecule has 228 valence electrons. The molecule has 0 unspecified atom stereocenters. The van der Waals surface area contributed by atoms with E-state index in [1.807, 2.05) is 29.2 Å². The topological polar surface area (TPSA) is 138 Å². The molecule has 6 rings (SSSR count). The van der Waals surface area contributed by atoms with Crippen molar-refractivity contribution in [3.05, 3.63) is 87.1 Å². The van der Waals surface area contributed by atoms with E-state index in [4.69, 9.17) is 23.2 Å². The zero-order chi connectivity index (χ0) is 30.8. The average molecular weight is 638 g/mol. The predicted octanol–water partition coefficient (Wildman–Crippen LogP) is 4.25. The zero-order valence-corrected chi connectivity index (χ0v) is 25.2. The van der Waals surface area contributed by atoms with E-state index in [0.717, 1.165) is 30.5 Å². The van der Waals surface area contributed by atoms with Crippen LogP contribution in [0.4, 0.5) is 10.5 Å². The number of rotatable bonds is 3. The van der Waals surface area contributed by atoms with E-state index in [1.54, 1.807) is 35.3 Å². The first-order valence-electron chi connectivity index (χ1n) is 14.4. The summed E-state index contributed by atoms with van der Waals surface area (Å²) in [5.74, 6) is -0.193. The van der Waals surface area contributed by atoms with Gasteiger partial charge in [0.25, 0.3) is 5.56 Å². The summed E-state index contributed by atoms with van der Waals surface area (Å²) < 4.78 is 3.15. The maximum absolute atomic E-state index is 13.8. The molecule has 2 aliphatic rings. The van der Waals surface area contributed by atoms with Crippen LogP contribution < -0.4 is 15.8 Å². The van der Waals surface area contributed by atoms with Crippen molar-refractivity contribution in [3.63, 3.8) is 0 Å². The van der Waals surface area contributed by atoms with Crippen molar-refractivity contribution in [1.29, 1.82) is 0 Å². The Morgan fingerprint density at radius 3 is 2.64 bits per heavy atom. The largest absolute Gasteiger partial charge is 0.465 e. The van der Waals surface area contributed by atoms with Gasteiger partial charge in [-0.05, 0) is 48.7 Å². The lowest BCUT2D eigenvalue weighted by Crippen LogP contribution is -2.60. The lowest BCUT2D eigenvalue weighted by Gasteiger charge is -2.41. The molecule has 2 bridgehead atoms. The van der Waals surface area contributed by atoms with Crippen LogP contribution in [0.2, 0.25) is 10.2 Å². The van der Waals surface area contributed by atoms with Gasteiger partial charge in [-0.1, -0.05) is 53.4 Å². The Labute approximate surface area is 262 Å². The minimum Gasteiger partial charge on any atom is -0.465 e. The Morgan fingerprint density at radius 2 is 1.86 bits per heavy atom. The van der Waals surface area contributed by atoms with E-state index in [2.05, 4.69) is 20.6 Å². The quantitative estimate of drug-likeness (QED) is 0.340. The molecule has 14 heteroatoms. The molecule has 44 heavy (non-hydrogen) atoms. The molecule has 2 amide bonds. The number of benzene rings is 2. The molecule has 2 atom stereocenters. The number of amides is 2. The van der Waals surface area contributed by atoms with Gasteiger partial charge in [-0.2, -0.15) is 0 Å². The summed E-state index contributed by atoms with van der Waals surface area (Å²) in [4.78, 5) is 46.6. The number of carboxylic acid groups (broad SMARTS) is 1. The highest BCUT2D eigenvalue weighted by molar-refractivity contribution is 6.31. The average Bonchev–Trinajstić information content (AvgIpc) is 3.46. The van der Waals surface area contributed by atoms with Crippen molar-refractivity contribution in [3.8, 4) is 16.9 Å². The van der Waals surface area contributed by atoms with E-state index >= 15 is 0 Å². The second kappa shape index (κ2) is 12.7. The molecule has 1 saturated heterocycles. The van der Waals surface area contributed by atoms with Gasteiger partial charge in [-0.15, -0.1) is 5.10 Å². The van der Waals surface area contributed by atoms with Crippen molar-refractivity contribution in [2.45, 2.75) is 37.8 Å². The summed E-state index contributed by atoms with van der Waals surface area (Å²) in [6.07, 6.45) is 5.20. The lowest BCUT2D eigenvalue weighted by molar-refractivity contribution is -0.123. The molecular formula is C30H30Cl2N8O4. The van der Waals surface area contributed by atoms with Crippen molar-refractivity contribution in [2.75, 3.05) is 31.1 Å². The number of hydrogen-bond donors (Lipinski definition) is 2. The second-order valence-electron chi connectivity index (χ2n) is 10.9. The van der Waals surface area contributed by atoms with Crippen LogP contribution in [0.1, 0.15) is 37.3 Å². The third-order valence-corrected chi connectivity index (χ3v) is 8.52. The van der Waals surface area contributed by atoms with E-state index < -0.39 is 12.1 Å². The molecule has 2 N–H and O–H groups in total. The van der Waals surface area contributed by atoms with Crippen LogP contribution >= 0.6 is 23.2 Å². The Morgan fingerprint density at radius 1 is 1.00 bits per heavy atom. The number of carbonyl (C=O) groups is 2.